The fourth-order valence-electron chi connectivity index (χ4n) is 0.341. The van der Waals surface area contributed by atoms with Crippen molar-refractivity contribution < 1.29 is 9.90 Å². The molecule has 2 unspecified atom stereocenters. The van der Waals surface area contributed by atoms with Gasteiger partial charge in [0.05, 0.1) is 5.38 Å². The van der Waals surface area contributed by atoms with Crippen molar-refractivity contribution >= 4 is 52.4 Å². The van der Waals surface area contributed by atoms with E-state index in [-0.39, 0.29) is 4.49 Å². The molecule has 0 aliphatic heterocycles. The Morgan fingerprint density at radius 2 is 1.82 bits per heavy atom. The van der Waals surface area contributed by atoms with Crippen molar-refractivity contribution in [3.8, 4) is 0 Å². The summed E-state index contributed by atoms with van der Waals surface area (Å²) in [4.78, 5) is 10.2. The molecule has 0 saturated heterocycles. The van der Waals surface area contributed by atoms with E-state index in [0.717, 1.165) is 6.08 Å². The van der Waals surface area contributed by atoms with E-state index in [0.29, 0.717) is 0 Å². The molecule has 2 nitrogen and oxygen atoms in total. The van der Waals surface area contributed by atoms with Crippen molar-refractivity contribution in [1.82, 2.24) is 0 Å². The number of hydrogen-bond donors (Lipinski definition) is 1. The first kappa shape index (κ1) is 11.4. The lowest BCUT2D eigenvalue weighted by atomic mass is 10.3. The van der Waals surface area contributed by atoms with E-state index in [9.17, 15) is 4.79 Å². The molecule has 0 rings (SSSR count). The zero-order valence-corrected chi connectivity index (χ0v) is 8.12. The summed E-state index contributed by atoms with van der Waals surface area (Å²) in [7, 11) is 0. The van der Waals surface area contributed by atoms with E-state index in [1.807, 2.05) is 0 Å². The molecule has 0 radical (unpaired) electrons. The zero-order valence-electron chi connectivity index (χ0n) is 5.10. The summed E-state index contributed by atoms with van der Waals surface area (Å²) in [6.45, 7) is 0. The molecule has 1 N–H and O–H groups in total. The van der Waals surface area contributed by atoms with Gasteiger partial charge in [-0.25, -0.2) is 0 Å². The maximum atomic E-state index is 10.2. The van der Waals surface area contributed by atoms with Gasteiger partial charge in [0, 0.05) is 0 Å². The first-order chi connectivity index (χ1) is 4.95. The Kier molecular flexibility index (Phi) is 5.26. The van der Waals surface area contributed by atoms with E-state index in [1.54, 1.807) is 0 Å². The smallest absolute Gasteiger partial charge is 0.323 e. The lowest BCUT2D eigenvalue weighted by Gasteiger charge is -2.05. The molecule has 6 heteroatoms. The van der Waals surface area contributed by atoms with Crippen LogP contribution in [0.4, 0.5) is 0 Å². The third-order valence-electron chi connectivity index (χ3n) is 0.801. The Balaban J connectivity index is 4.14. The molecule has 0 saturated carbocycles. The molecule has 0 aliphatic carbocycles. The summed E-state index contributed by atoms with van der Waals surface area (Å²) >= 11 is 21.2. The van der Waals surface area contributed by atoms with Gasteiger partial charge < -0.3 is 5.11 Å². The number of carboxylic acids is 1. The summed E-state index contributed by atoms with van der Waals surface area (Å²) in [5.41, 5.74) is 0. The number of allylic oxidation sites excluding steroid dienone is 1. The fraction of sp³-hybridized carbons (Fsp3) is 0.400. The number of carbonyl (C=O) groups is 1. The van der Waals surface area contributed by atoms with Crippen molar-refractivity contribution in [3.63, 3.8) is 0 Å². The van der Waals surface area contributed by atoms with Crippen LogP contribution >= 0.6 is 46.4 Å². The van der Waals surface area contributed by atoms with E-state index in [1.165, 1.54) is 0 Å². The van der Waals surface area contributed by atoms with E-state index in [4.69, 9.17) is 51.5 Å². The summed E-state index contributed by atoms with van der Waals surface area (Å²) < 4.78 is -0.100. The predicted octanol–water partition coefficient (Wildman–Crippen LogP) is 2.60. The normalized spacial score (nSPS) is 15.3. The molecule has 2 atom stereocenters. The third kappa shape index (κ3) is 4.75. The molecule has 0 aliphatic rings. The molecule has 64 valence electrons. The Morgan fingerprint density at radius 3 is 2.09 bits per heavy atom. The molecular weight excluding hydrogens is 234 g/mol. The van der Waals surface area contributed by atoms with Gasteiger partial charge in [0.25, 0.3) is 0 Å². The first-order valence-corrected chi connectivity index (χ1v) is 4.11. The lowest BCUT2D eigenvalue weighted by Crippen LogP contribution is -2.22. The average Bonchev–Trinajstić information content (AvgIpc) is 1.84. The highest BCUT2D eigenvalue weighted by Crippen LogP contribution is 2.17. The van der Waals surface area contributed by atoms with Crippen molar-refractivity contribution in [3.05, 3.63) is 10.6 Å². The van der Waals surface area contributed by atoms with Crippen LogP contribution in [0.5, 0.6) is 0 Å². The summed E-state index contributed by atoms with van der Waals surface area (Å²) in [5.74, 6) is -1.21. The first-order valence-electron chi connectivity index (χ1n) is 2.49. The number of rotatable bonds is 3. The Hall–Kier alpha value is 0.370. The molecule has 0 bridgehead atoms. The van der Waals surface area contributed by atoms with Gasteiger partial charge in [-0.05, 0) is 6.08 Å². The van der Waals surface area contributed by atoms with Gasteiger partial charge in [0.1, 0.15) is 4.49 Å². The van der Waals surface area contributed by atoms with Crippen LogP contribution in [0.25, 0.3) is 0 Å². The quantitative estimate of drug-likeness (QED) is 0.767. The minimum Gasteiger partial charge on any atom is -0.480 e. The highest BCUT2D eigenvalue weighted by Gasteiger charge is 2.21. The standard InChI is InChI=1S/C5H4Cl4O2/c6-2(1-3(7)8)4(9)5(10)11/h1-2,4H,(H,10,11). The van der Waals surface area contributed by atoms with Crippen LogP contribution in [-0.2, 0) is 4.79 Å². The van der Waals surface area contributed by atoms with Gasteiger partial charge in [-0.3, -0.25) is 4.79 Å². The highest BCUT2D eigenvalue weighted by atomic mass is 35.5. The van der Waals surface area contributed by atoms with E-state index >= 15 is 0 Å². The number of hydrogen-bond acceptors (Lipinski definition) is 1. The summed E-state index contributed by atoms with van der Waals surface area (Å²) in [6, 6.07) is 0. The minimum atomic E-state index is -1.22. The highest BCUT2D eigenvalue weighted by molar-refractivity contribution is 6.56. The van der Waals surface area contributed by atoms with Crippen LogP contribution in [0.1, 0.15) is 0 Å². The molecule has 0 aromatic carbocycles. The van der Waals surface area contributed by atoms with Crippen LogP contribution < -0.4 is 0 Å². The molecule has 0 amide bonds. The van der Waals surface area contributed by atoms with Crippen molar-refractivity contribution in [2.75, 3.05) is 0 Å². The van der Waals surface area contributed by atoms with Crippen LogP contribution in [0.15, 0.2) is 10.6 Å². The fourth-order valence-corrected chi connectivity index (χ4v) is 1.05. The van der Waals surface area contributed by atoms with Gasteiger partial charge in [-0.1, -0.05) is 23.2 Å². The molecular formula is C5H4Cl4O2. The predicted molar refractivity (Wildman–Crippen MR) is 46.7 cm³/mol. The average molecular weight is 238 g/mol. The molecule has 0 aromatic heterocycles. The number of carboxylic acid groups (broad SMARTS) is 1. The second-order valence-corrected chi connectivity index (χ2v) is 3.62. The second-order valence-electron chi connectivity index (χ2n) is 1.64. The van der Waals surface area contributed by atoms with E-state index in [2.05, 4.69) is 0 Å². The van der Waals surface area contributed by atoms with Gasteiger partial charge in [-0.2, -0.15) is 0 Å². The lowest BCUT2D eigenvalue weighted by molar-refractivity contribution is -0.136. The Labute approximate surface area is 83.7 Å². The van der Waals surface area contributed by atoms with Gasteiger partial charge in [0.15, 0.2) is 5.38 Å². The third-order valence-corrected chi connectivity index (χ3v) is 2.02. The SMILES string of the molecule is O=C(O)C(Cl)C(Cl)C=C(Cl)Cl. The van der Waals surface area contributed by atoms with Crippen molar-refractivity contribution in [2.45, 2.75) is 10.8 Å². The molecule has 0 fully saturated rings. The Morgan fingerprint density at radius 1 is 1.36 bits per heavy atom. The van der Waals surface area contributed by atoms with Gasteiger partial charge in [0.2, 0.25) is 0 Å². The molecule has 0 heterocycles. The minimum absolute atomic E-state index is 0.100. The van der Waals surface area contributed by atoms with Crippen molar-refractivity contribution in [1.29, 1.82) is 0 Å². The van der Waals surface area contributed by atoms with Crippen LogP contribution in [0, 0.1) is 0 Å². The van der Waals surface area contributed by atoms with Crippen LogP contribution in [0.3, 0.4) is 0 Å². The topological polar surface area (TPSA) is 37.3 Å². The Bertz CT molecular complexity index is 175. The van der Waals surface area contributed by atoms with Gasteiger partial charge >= 0.3 is 5.97 Å². The molecule has 0 aromatic rings. The summed E-state index contributed by atoms with van der Waals surface area (Å²) in [6.07, 6.45) is 1.15. The second kappa shape index (κ2) is 5.09. The van der Waals surface area contributed by atoms with Gasteiger partial charge in [-0.15, -0.1) is 23.2 Å². The molecule has 0 spiro atoms. The number of aliphatic carboxylic acids is 1. The largest absolute Gasteiger partial charge is 0.480 e. The maximum Gasteiger partial charge on any atom is 0.323 e. The maximum absolute atomic E-state index is 10.2. The number of alkyl halides is 2. The number of halogens is 4. The van der Waals surface area contributed by atoms with Crippen LogP contribution in [-0.4, -0.2) is 21.8 Å². The zero-order chi connectivity index (χ0) is 9.02. The van der Waals surface area contributed by atoms with Crippen molar-refractivity contribution in [2.24, 2.45) is 0 Å². The van der Waals surface area contributed by atoms with E-state index < -0.39 is 16.7 Å². The summed E-state index contributed by atoms with van der Waals surface area (Å²) in [5, 5.41) is 6.21. The monoisotopic (exact) mass is 236 g/mol. The van der Waals surface area contributed by atoms with Crippen LogP contribution in [0.2, 0.25) is 0 Å². The molecule has 11 heavy (non-hydrogen) atoms.